The molecule has 22 heavy (non-hydrogen) atoms. The third-order valence-corrected chi connectivity index (χ3v) is 3.22. The first-order valence-electron chi connectivity index (χ1n) is 6.96. The summed E-state index contributed by atoms with van der Waals surface area (Å²) in [7, 11) is 0. The summed E-state index contributed by atoms with van der Waals surface area (Å²) in [6.07, 6.45) is 0.0370. The Morgan fingerprint density at radius 2 is 1.64 bits per heavy atom. The number of hydrogen-bond donors (Lipinski definition) is 0. The first-order valence-corrected chi connectivity index (χ1v) is 6.96. The van der Waals surface area contributed by atoms with Crippen molar-refractivity contribution in [2.24, 2.45) is 4.99 Å². The van der Waals surface area contributed by atoms with Crippen LogP contribution in [-0.4, -0.2) is 6.21 Å². The molecule has 4 heteroatoms. The van der Waals surface area contributed by atoms with Crippen molar-refractivity contribution in [3.8, 4) is 0 Å². The highest BCUT2D eigenvalue weighted by Gasteiger charge is 2.29. The van der Waals surface area contributed by atoms with E-state index < -0.39 is 11.7 Å². The summed E-state index contributed by atoms with van der Waals surface area (Å²) < 4.78 is 37.4. The summed E-state index contributed by atoms with van der Waals surface area (Å²) in [6.45, 7) is 2.05. The number of hydrogen-bond acceptors (Lipinski definition) is 1. The Kier molecular flexibility index (Phi) is 5.15. The number of rotatable bonds is 4. The molecule has 0 aromatic heterocycles. The van der Waals surface area contributed by atoms with Gasteiger partial charge in [0.15, 0.2) is 0 Å². The molecule has 114 valence electrons. The van der Waals surface area contributed by atoms with Crippen LogP contribution in [0.25, 0.3) is 5.57 Å². The van der Waals surface area contributed by atoms with E-state index in [2.05, 4.69) is 4.99 Å². The molecule has 0 amide bonds. The van der Waals surface area contributed by atoms with Gasteiger partial charge in [-0.3, -0.25) is 4.99 Å². The molecule has 0 N–H and O–H groups in total. The van der Waals surface area contributed by atoms with E-state index in [0.29, 0.717) is 5.69 Å². The second-order valence-electron chi connectivity index (χ2n) is 4.73. The minimum Gasteiger partial charge on any atom is -0.257 e. The second kappa shape index (κ2) is 7.07. The standard InChI is InChI=1S/C18H16F3N/c1-2-14(15-6-4-3-5-7-15)12-13-22-17-10-8-16(9-11-17)18(19,20)21/h3-13H,2H2,1H3/b14-12+,22-13?. The monoisotopic (exact) mass is 303 g/mol. The van der Waals surface area contributed by atoms with Crippen molar-refractivity contribution in [2.75, 3.05) is 0 Å². The summed E-state index contributed by atoms with van der Waals surface area (Å²) in [6, 6.07) is 14.7. The predicted octanol–water partition coefficient (Wildman–Crippen LogP) is 5.90. The van der Waals surface area contributed by atoms with Gasteiger partial charge in [0.05, 0.1) is 11.3 Å². The quantitative estimate of drug-likeness (QED) is 0.623. The van der Waals surface area contributed by atoms with Crippen LogP contribution in [0.3, 0.4) is 0 Å². The van der Waals surface area contributed by atoms with Gasteiger partial charge < -0.3 is 0 Å². The van der Waals surface area contributed by atoms with E-state index in [-0.39, 0.29) is 0 Å². The number of alkyl halides is 3. The normalized spacial score (nSPS) is 12.8. The lowest BCUT2D eigenvalue weighted by molar-refractivity contribution is -0.137. The minimum atomic E-state index is -4.31. The van der Waals surface area contributed by atoms with Gasteiger partial charge in [-0.05, 0) is 47.9 Å². The van der Waals surface area contributed by atoms with Crippen molar-refractivity contribution in [1.29, 1.82) is 0 Å². The molecule has 2 aromatic rings. The van der Waals surface area contributed by atoms with Gasteiger partial charge in [0.2, 0.25) is 0 Å². The summed E-state index contributed by atoms with van der Waals surface area (Å²) >= 11 is 0. The maximum Gasteiger partial charge on any atom is 0.416 e. The topological polar surface area (TPSA) is 12.4 Å². The van der Waals surface area contributed by atoms with Crippen LogP contribution in [0.1, 0.15) is 24.5 Å². The smallest absolute Gasteiger partial charge is 0.257 e. The van der Waals surface area contributed by atoms with Crippen LogP contribution in [0.5, 0.6) is 0 Å². The van der Waals surface area contributed by atoms with E-state index in [1.54, 1.807) is 6.21 Å². The van der Waals surface area contributed by atoms with E-state index in [1.165, 1.54) is 12.1 Å². The molecule has 0 fully saturated rings. The van der Waals surface area contributed by atoms with E-state index >= 15 is 0 Å². The Hall–Kier alpha value is -2.36. The van der Waals surface area contributed by atoms with Crippen molar-refractivity contribution in [3.05, 3.63) is 71.8 Å². The van der Waals surface area contributed by atoms with E-state index in [9.17, 15) is 13.2 Å². The SMILES string of the molecule is CC/C(=C\C=Nc1ccc(C(F)(F)F)cc1)c1ccccc1. The van der Waals surface area contributed by atoms with Crippen molar-refractivity contribution in [1.82, 2.24) is 0 Å². The molecule has 0 saturated heterocycles. The van der Waals surface area contributed by atoms with E-state index in [4.69, 9.17) is 0 Å². The number of nitrogens with zero attached hydrogens (tertiary/aromatic N) is 1. The molecule has 0 bridgehead atoms. The van der Waals surface area contributed by atoms with Crippen molar-refractivity contribution in [3.63, 3.8) is 0 Å². The molecular weight excluding hydrogens is 287 g/mol. The van der Waals surface area contributed by atoms with Crippen molar-refractivity contribution in [2.45, 2.75) is 19.5 Å². The molecule has 0 aliphatic rings. The van der Waals surface area contributed by atoms with Crippen LogP contribution in [0, 0.1) is 0 Å². The summed E-state index contributed by atoms with van der Waals surface area (Å²) in [5.74, 6) is 0. The molecule has 0 heterocycles. The largest absolute Gasteiger partial charge is 0.416 e. The second-order valence-corrected chi connectivity index (χ2v) is 4.73. The highest BCUT2D eigenvalue weighted by Crippen LogP contribution is 2.30. The van der Waals surface area contributed by atoms with Crippen molar-refractivity contribution >= 4 is 17.5 Å². The third kappa shape index (κ3) is 4.32. The van der Waals surface area contributed by atoms with Gasteiger partial charge in [0, 0.05) is 6.21 Å². The zero-order chi connectivity index (χ0) is 16.0. The average molecular weight is 303 g/mol. The maximum absolute atomic E-state index is 12.5. The Labute approximate surface area is 127 Å². The molecule has 1 nitrogen and oxygen atoms in total. The number of benzene rings is 2. The van der Waals surface area contributed by atoms with Crippen LogP contribution in [0.4, 0.5) is 18.9 Å². The van der Waals surface area contributed by atoms with Gasteiger partial charge in [-0.1, -0.05) is 37.3 Å². The molecule has 0 saturated carbocycles. The molecule has 0 radical (unpaired) electrons. The Morgan fingerprint density at radius 3 is 2.18 bits per heavy atom. The van der Waals surface area contributed by atoms with Crippen LogP contribution in [-0.2, 0) is 6.18 Å². The molecule has 0 unspecified atom stereocenters. The molecule has 0 atom stereocenters. The fourth-order valence-corrected chi connectivity index (χ4v) is 2.02. The molecule has 2 aromatic carbocycles. The van der Waals surface area contributed by atoms with Crippen LogP contribution < -0.4 is 0 Å². The number of aliphatic imine (C=N–C) groups is 1. The van der Waals surface area contributed by atoms with Gasteiger partial charge in [0.1, 0.15) is 0 Å². The minimum absolute atomic E-state index is 0.493. The van der Waals surface area contributed by atoms with Crippen LogP contribution >= 0.6 is 0 Å². The fourth-order valence-electron chi connectivity index (χ4n) is 2.02. The van der Waals surface area contributed by atoms with Gasteiger partial charge in [-0.2, -0.15) is 13.2 Å². The predicted molar refractivity (Wildman–Crippen MR) is 84.3 cm³/mol. The average Bonchev–Trinajstić information content (AvgIpc) is 2.52. The van der Waals surface area contributed by atoms with Gasteiger partial charge in [-0.15, -0.1) is 0 Å². The summed E-state index contributed by atoms with van der Waals surface area (Å²) in [4.78, 5) is 4.17. The lowest BCUT2D eigenvalue weighted by Gasteiger charge is -2.05. The highest BCUT2D eigenvalue weighted by molar-refractivity contribution is 5.85. The van der Waals surface area contributed by atoms with Gasteiger partial charge in [0.25, 0.3) is 0 Å². The Balaban J connectivity index is 2.12. The molecule has 2 rings (SSSR count). The van der Waals surface area contributed by atoms with Gasteiger partial charge >= 0.3 is 6.18 Å². The first kappa shape index (κ1) is 16.0. The lowest BCUT2D eigenvalue weighted by atomic mass is 10.0. The fraction of sp³-hybridized carbons (Fsp3) is 0.167. The number of allylic oxidation sites excluding steroid dienone is 2. The third-order valence-electron chi connectivity index (χ3n) is 3.22. The summed E-state index contributed by atoms with van der Waals surface area (Å²) in [5, 5.41) is 0. The lowest BCUT2D eigenvalue weighted by Crippen LogP contribution is -2.03. The summed E-state index contributed by atoms with van der Waals surface area (Å²) in [5.41, 5.74) is 2.06. The zero-order valence-corrected chi connectivity index (χ0v) is 12.1. The first-order chi connectivity index (χ1) is 10.5. The maximum atomic E-state index is 12.5. The van der Waals surface area contributed by atoms with Crippen LogP contribution in [0.2, 0.25) is 0 Å². The van der Waals surface area contributed by atoms with Crippen LogP contribution in [0.15, 0.2) is 65.7 Å². The molecule has 0 aliphatic heterocycles. The Bertz CT molecular complexity index is 653. The highest BCUT2D eigenvalue weighted by atomic mass is 19.4. The van der Waals surface area contributed by atoms with Gasteiger partial charge in [-0.25, -0.2) is 0 Å². The molecule has 0 spiro atoms. The zero-order valence-electron chi connectivity index (χ0n) is 12.1. The molecular formula is C18H16F3N. The molecule has 0 aliphatic carbocycles. The number of halogens is 3. The van der Waals surface area contributed by atoms with Crippen molar-refractivity contribution < 1.29 is 13.2 Å². The van der Waals surface area contributed by atoms with E-state index in [0.717, 1.165) is 29.7 Å². The Morgan fingerprint density at radius 1 is 1.00 bits per heavy atom. The van der Waals surface area contributed by atoms with E-state index in [1.807, 2.05) is 43.3 Å².